The first-order valence-electron chi connectivity index (χ1n) is 19.7. The third-order valence-electron chi connectivity index (χ3n) is 12.7. The summed E-state index contributed by atoms with van der Waals surface area (Å²) in [6, 6.07) is 62.0. The summed E-state index contributed by atoms with van der Waals surface area (Å²) < 4.78 is 0. The van der Waals surface area contributed by atoms with Crippen molar-refractivity contribution in [2.45, 2.75) is 38.5 Å². The Hall–Kier alpha value is -6.64. The van der Waals surface area contributed by atoms with E-state index in [-0.39, 0.29) is 10.8 Å². The summed E-state index contributed by atoms with van der Waals surface area (Å²) in [6.45, 7) is 9.43. The van der Waals surface area contributed by atoms with Gasteiger partial charge in [-0.1, -0.05) is 185 Å². The normalized spacial score (nSPS) is 14.4. The van der Waals surface area contributed by atoms with E-state index in [0.29, 0.717) is 0 Å². The molecule has 0 saturated carbocycles. The van der Waals surface area contributed by atoms with Crippen LogP contribution in [0.4, 0.5) is 0 Å². The quantitative estimate of drug-likeness (QED) is 0.181. The fraction of sp³-hybridized carbons (Fsp3) is 0.111. The zero-order valence-electron chi connectivity index (χ0n) is 32.1. The molecule has 0 spiro atoms. The summed E-state index contributed by atoms with van der Waals surface area (Å²) in [4.78, 5) is 10.6. The predicted molar refractivity (Wildman–Crippen MR) is 234 cm³/mol. The van der Waals surface area contributed by atoms with Gasteiger partial charge in [0.2, 0.25) is 0 Å². The molecule has 8 aromatic carbocycles. The third-order valence-corrected chi connectivity index (χ3v) is 12.7. The molecule has 0 aliphatic heterocycles. The SMILES string of the molecule is CC1(C)c2ccccc2-c2cccc(-c3cc(-c4ccc(-c5ccc6c(c5)-c5ccc7ccccc7c5C6(C)C)c5ccccc45)nc(-c4ccccc4)n3)c21. The maximum absolute atomic E-state index is 5.32. The van der Waals surface area contributed by atoms with Crippen molar-refractivity contribution in [2.75, 3.05) is 0 Å². The molecule has 0 fully saturated rings. The van der Waals surface area contributed by atoms with Gasteiger partial charge in [0, 0.05) is 27.5 Å². The molecule has 11 rings (SSSR count). The Kier molecular flexibility index (Phi) is 6.98. The molecule has 2 heteroatoms. The molecule has 1 heterocycles. The lowest BCUT2D eigenvalue weighted by molar-refractivity contribution is 0.662. The monoisotopic (exact) mass is 716 g/mol. The zero-order chi connectivity index (χ0) is 37.8. The lowest BCUT2D eigenvalue weighted by Crippen LogP contribution is -2.16. The van der Waals surface area contributed by atoms with E-state index in [1.165, 1.54) is 77.2 Å². The number of rotatable bonds is 4. The van der Waals surface area contributed by atoms with Gasteiger partial charge in [-0.05, 0) is 89.3 Å². The molecule has 0 bridgehead atoms. The number of nitrogens with zero attached hydrogens (tertiary/aromatic N) is 2. The Labute approximate surface area is 328 Å². The molecule has 1 aromatic heterocycles. The Morgan fingerprint density at radius 2 is 0.911 bits per heavy atom. The molecular weight excluding hydrogens is 677 g/mol. The third kappa shape index (κ3) is 4.69. The van der Waals surface area contributed by atoms with Crippen molar-refractivity contribution in [3.05, 3.63) is 192 Å². The smallest absolute Gasteiger partial charge is 0.160 e. The van der Waals surface area contributed by atoms with Crippen LogP contribution in [0.2, 0.25) is 0 Å². The Morgan fingerprint density at radius 3 is 1.73 bits per heavy atom. The zero-order valence-corrected chi connectivity index (χ0v) is 32.1. The van der Waals surface area contributed by atoms with Crippen LogP contribution in [0.1, 0.15) is 49.9 Å². The molecule has 2 aliphatic carbocycles. The Morgan fingerprint density at radius 1 is 0.339 bits per heavy atom. The van der Waals surface area contributed by atoms with E-state index in [0.717, 1.165) is 33.9 Å². The maximum Gasteiger partial charge on any atom is 0.160 e. The van der Waals surface area contributed by atoms with Crippen LogP contribution in [-0.4, -0.2) is 9.97 Å². The second-order valence-electron chi connectivity index (χ2n) is 16.5. The van der Waals surface area contributed by atoms with Gasteiger partial charge in [0.15, 0.2) is 5.82 Å². The second kappa shape index (κ2) is 11.9. The van der Waals surface area contributed by atoms with Crippen LogP contribution in [-0.2, 0) is 10.8 Å². The van der Waals surface area contributed by atoms with E-state index in [4.69, 9.17) is 9.97 Å². The fourth-order valence-electron chi connectivity index (χ4n) is 10.1. The molecule has 9 aromatic rings. The van der Waals surface area contributed by atoms with Crippen LogP contribution in [0.3, 0.4) is 0 Å². The molecule has 2 aliphatic rings. The Balaban J connectivity index is 1.09. The number of benzene rings is 8. The van der Waals surface area contributed by atoms with Crippen molar-refractivity contribution in [2.24, 2.45) is 0 Å². The van der Waals surface area contributed by atoms with Gasteiger partial charge in [-0.25, -0.2) is 9.97 Å². The Bertz CT molecular complexity index is 3080. The molecule has 0 N–H and O–H groups in total. The van der Waals surface area contributed by atoms with Gasteiger partial charge in [0.1, 0.15) is 0 Å². The molecule has 266 valence electrons. The molecule has 0 radical (unpaired) electrons. The van der Waals surface area contributed by atoms with E-state index in [9.17, 15) is 0 Å². The van der Waals surface area contributed by atoms with Gasteiger partial charge in [0.25, 0.3) is 0 Å². The molecule has 2 nitrogen and oxygen atoms in total. The first kappa shape index (κ1) is 32.8. The van der Waals surface area contributed by atoms with Crippen LogP contribution in [0, 0.1) is 0 Å². The molecule has 0 atom stereocenters. The minimum atomic E-state index is -0.173. The minimum absolute atomic E-state index is 0.0892. The lowest BCUT2D eigenvalue weighted by atomic mass is 9.79. The molecule has 0 amide bonds. The summed E-state index contributed by atoms with van der Waals surface area (Å²) in [7, 11) is 0. The molecule has 0 saturated heterocycles. The van der Waals surface area contributed by atoms with Crippen LogP contribution in [0.5, 0.6) is 0 Å². The van der Waals surface area contributed by atoms with E-state index in [2.05, 4.69) is 191 Å². The van der Waals surface area contributed by atoms with E-state index in [1.54, 1.807) is 0 Å². The van der Waals surface area contributed by atoms with Gasteiger partial charge < -0.3 is 0 Å². The first-order chi connectivity index (χ1) is 27.3. The average Bonchev–Trinajstić information content (AvgIpc) is 3.63. The van der Waals surface area contributed by atoms with Crippen LogP contribution < -0.4 is 0 Å². The molecule has 0 unspecified atom stereocenters. The first-order valence-corrected chi connectivity index (χ1v) is 19.7. The largest absolute Gasteiger partial charge is 0.228 e. The van der Waals surface area contributed by atoms with Gasteiger partial charge in [-0.3, -0.25) is 0 Å². The molecular formula is C54H40N2. The van der Waals surface area contributed by atoms with Gasteiger partial charge in [-0.15, -0.1) is 0 Å². The topological polar surface area (TPSA) is 25.8 Å². The highest BCUT2D eigenvalue weighted by Crippen LogP contribution is 2.54. The van der Waals surface area contributed by atoms with Crippen molar-refractivity contribution in [3.63, 3.8) is 0 Å². The van der Waals surface area contributed by atoms with Gasteiger partial charge >= 0.3 is 0 Å². The van der Waals surface area contributed by atoms with Crippen molar-refractivity contribution in [3.8, 4) is 67.3 Å². The number of aromatic nitrogens is 2. The summed E-state index contributed by atoms with van der Waals surface area (Å²) in [5.74, 6) is 0.726. The van der Waals surface area contributed by atoms with E-state index >= 15 is 0 Å². The minimum Gasteiger partial charge on any atom is -0.228 e. The number of fused-ring (bicyclic) bond motifs is 9. The highest BCUT2D eigenvalue weighted by Gasteiger charge is 2.38. The summed E-state index contributed by atoms with van der Waals surface area (Å²) in [6.07, 6.45) is 0. The van der Waals surface area contributed by atoms with E-state index < -0.39 is 0 Å². The van der Waals surface area contributed by atoms with Gasteiger partial charge in [-0.2, -0.15) is 0 Å². The maximum atomic E-state index is 5.32. The number of hydrogen-bond acceptors (Lipinski definition) is 2. The lowest BCUT2D eigenvalue weighted by Gasteiger charge is -2.24. The van der Waals surface area contributed by atoms with Crippen molar-refractivity contribution < 1.29 is 0 Å². The van der Waals surface area contributed by atoms with Crippen LogP contribution in [0.15, 0.2) is 170 Å². The predicted octanol–water partition coefficient (Wildman–Crippen LogP) is 14.1. The summed E-state index contributed by atoms with van der Waals surface area (Å²) >= 11 is 0. The van der Waals surface area contributed by atoms with Crippen molar-refractivity contribution >= 4 is 21.5 Å². The van der Waals surface area contributed by atoms with Crippen LogP contribution in [0.25, 0.3) is 88.8 Å². The van der Waals surface area contributed by atoms with Crippen molar-refractivity contribution in [1.82, 2.24) is 9.97 Å². The molecule has 56 heavy (non-hydrogen) atoms. The number of hydrogen-bond donors (Lipinski definition) is 0. The highest BCUT2D eigenvalue weighted by molar-refractivity contribution is 6.06. The van der Waals surface area contributed by atoms with E-state index in [1.807, 2.05) is 6.07 Å². The highest BCUT2D eigenvalue weighted by atomic mass is 14.9. The van der Waals surface area contributed by atoms with Crippen molar-refractivity contribution in [1.29, 1.82) is 0 Å². The summed E-state index contributed by atoms with van der Waals surface area (Å²) in [5.41, 5.74) is 18.0. The standard InChI is InChI=1S/C54H40N2/c1-53(2)46-24-13-12-21-40(46)42-22-14-23-44(51(42)53)49-32-48(55-52(56-49)34-16-6-5-7-17-34)41-29-28-36(38-19-10-11-20-39(38)41)35-26-30-47-45(31-35)43-27-25-33-15-8-9-18-37(33)50(43)54(47,3)4/h5-32H,1-4H3. The second-order valence-corrected chi connectivity index (χ2v) is 16.5. The van der Waals surface area contributed by atoms with Crippen LogP contribution >= 0.6 is 0 Å². The average molecular weight is 717 g/mol. The van der Waals surface area contributed by atoms with Gasteiger partial charge in [0.05, 0.1) is 11.4 Å². The fourth-order valence-corrected chi connectivity index (χ4v) is 10.1. The summed E-state index contributed by atoms with van der Waals surface area (Å²) in [5, 5.41) is 5.02.